The van der Waals surface area contributed by atoms with Crippen LogP contribution in [0.15, 0.2) is 23.8 Å². The van der Waals surface area contributed by atoms with Crippen LogP contribution < -0.4 is 0 Å². The topological polar surface area (TPSA) is 20.2 Å². The quantitative estimate of drug-likeness (QED) is 0.439. The number of allylic oxidation sites excluding steroid dienone is 3. The van der Waals surface area contributed by atoms with E-state index in [1.165, 1.54) is 57.8 Å². The lowest BCUT2D eigenvalue weighted by atomic mass is 9.47. The molecule has 3 saturated carbocycles. The van der Waals surface area contributed by atoms with Crippen LogP contribution in [0.25, 0.3) is 0 Å². The maximum absolute atomic E-state index is 10.2. The average molecular weight is 413 g/mol. The highest BCUT2D eigenvalue weighted by Gasteiger charge is 2.59. The van der Waals surface area contributed by atoms with E-state index in [-0.39, 0.29) is 6.10 Å². The van der Waals surface area contributed by atoms with E-state index >= 15 is 0 Å². The average Bonchev–Trinajstić information content (AvgIpc) is 3.06. The van der Waals surface area contributed by atoms with Crippen LogP contribution in [0.2, 0.25) is 0 Å². The first kappa shape index (κ1) is 22.6. The fourth-order valence-electron chi connectivity index (χ4n) is 9.00. The molecule has 1 N–H and O–H groups in total. The van der Waals surface area contributed by atoms with Crippen molar-refractivity contribution in [3.63, 3.8) is 0 Å². The zero-order valence-corrected chi connectivity index (χ0v) is 20.5. The largest absolute Gasteiger partial charge is 0.393 e. The Balaban J connectivity index is 1.44. The number of hydrogen-bond acceptors (Lipinski definition) is 1. The summed E-state index contributed by atoms with van der Waals surface area (Å²) in [5, 5.41) is 10.2. The van der Waals surface area contributed by atoms with Gasteiger partial charge in [0.05, 0.1) is 6.10 Å². The minimum Gasteiger partial charge on any atom is -0.393 e. The second-order valence-corrected chi connectivity index (χ2v) is 12.3. The van der Waals surface area contributed by atoms with Crippen molar-refractivity contribution >= 4 is 0 Å². The van der Waals surface area contributed by atoms with Crippen molar-refractivity contribution in [1.29, 1.82) is 0 Å². The first-order chi connectivity index (χ1) is 14.3. The van der Waals surface area contributed by atoms with E-state index in [0.29, 0.717) is 10.8 Å². The van der Waals surface area contributed by atoms with Crippen molar-refractivity contribution in [2.45, 2.75) is 111 Å². The van der Waals surface area contributed by atoms with Crippen LogP contribution in [0.1, 0.15) is 105 Å². The predicted molar refractivity (Wildman–Crippen MR) is 128 cm³/mol. The molecule has 3 fully saturated rings. The second kappa shape index (κ2) is 8.76. The summed E-state index contributed by atoms with van der Waals surface area (Å²) in [6, 6.07) is 0. The number of aliphatic hydroxyl groups is 1. The third kappa shape index (κ3) is 3.87. The van der Waals surface area contributed by atoms with Crippen LogP contribution in [0, 0.1) is 46.3 Å². The minimum atomic E-state index is -0.0815. The van der Waals surface area contributed by atoms with E-state index in [1.54, 1.807) is 5.57 Å². The molecule has 30 heavy (non-hydrogen) atoms. The van der Waals surface area contributed by atoms with Crippen molar-refractivity contribution < 1.29 is 5.11 Å². The van der Waals surface area contributed by atoms with Gasteiger partial charge in [-0.25, -0.2) is 0 Å². The van der Waals surface area contributed by atoms with Crippen molar-refractivity contribution in [3.05, 3.63) is 23.8 Å². The van der Waals surface area contributed by atoms with Gasteiger partial charge in [0.1, 0.15) is 0 Å². The van der Waals surface area contributed by atoms with Crippen LogP contribution in [-0.2, 0) is 0 Å². The van der Waals surface area contributed by atoms with Crippen molar-refractivity contribution in [2.24, 2.45) is 46.3 Å². The molecule has 4 aliphatic carbocycles. The molecule has 0 bridgehead atoms. The van der Waals surface area contributed by atoms with E-state index in [4.69, 9.17) is 0 Å². The monoisotopic (exact) mass is 412 g/mol. The molecule has 0 spiro atoms. The lowest BCUT2D eigenvalue weighted by Gasteiger charge is -2.58. The Morgan fingerprint density at radius 3 is 2.63 bits per heavy atom. The number of aliphatic hydroxyl groups excluding tert-OH is 1. The van der Waals surface area contributed by atoms with Gasteiger partial charge in [-0.2, -0.15) is 0 Å². The third-order valence-corrected chi connectivity index (χ3v) is 10.7. The molecule has 1 nitrogen and oxygen atoms in total. The summed E-state index contributed by atoms with van der Waals surface area (Å²) in [5.41, 5.74) is 2.57. The smallest absolute Gasteiger partial charge is 0.0577 e. The van der Waals surface area contributed by atoms with Crippen molar-refractivity contribution in [1.82, 2.24) is 0 Å². The molecule has 0 aromatic carbocycles. The lowest BCUT2D eigenvalue weighted by molar-refractivity contribution is -0.0572. The Labute approximate surface area is 186 Å². The van der Waals surface area contributed by atoms with E-state index < -0.39 is 0 Å². The van der Waals surface area contributed by atoms with Gasteiger partial charge in [-0.1, -0.05) is 64.3 Å². The molecule has 0 aromatic heterocycles. The SMILES string of the molecule is CC=CC(C)CCC[C@@H](C)[C@H]1CC[C@H]2[C@@H]3CC=C4C[C@@H](O)CC[C@]4(C)[C@H]3CC[C@]12C. The Bertz CT molecular complexity index is 661. The van der Waals surface area contributed by atoms with E-state index in [9.17, 15) is 5.11 Å². The summed E-state index contributed by atoms with van der Waals surface area (Å²) in [6.45, 7) is 12.3. The maximum atomic E-state index is 10.2. The summed E-state index contributed by atoms with van der Waals surface area (Å²) in [6.07, 6.45) is 21.6. The van der Waals surface area contributed by atoms with E-state index in [0.717, 1.165) is 48.3 Å². The summed E-state index contributed by atoms with van der Waals surface area (Å²) in [4.78, 5) is 0. The molecule has 0 saturated heterocycles. The highest BCUT2D eigenvalue weighted by atomic mass is 16.3. The molecule has 0 amide bonds. The van der Waals surface area contributed by atoms with Gasteiger partial charge in [0, 0.05) is 0 Å². The fraction of sp³-hybridized carbons (Fsp3) is 0.862. The maximum Gasteiger partial charge on any atom is 0.0577 e. The summed E-state index contributed by atoms with van der Waals surface area (Å²) < 4.78 is 0. The molecule has 9 atom stereocenters. The third-order valence-electron chi connectivity index (χ3n) is 10.7. The van der Waals surface area contributed by atoms with Crippen LogP contribution in [0.3, 0.4) is 0 Å². The van der Waals surface area contributed by atoms with Crippen LogP contribution in [-0.4, -0.2) is 11.2 Å². The molecule has 0 heterocycles. The molecule has 0 aliphatic heterocycles. The zero-order valence-electron chi connectivity index (χ0n) is 20.5. The Morgan fingerprint density at radius 2 is 1.87 bits per heavy atom. The summed E-state index contributed by atoms with van der Waals surface area (Å²) in [5.74, 6) is 5.27. The molecule has 4 rings (SSSR count). The van der Waals surface area contributed by atoms with Gasteiger partial charge in [0.15, 0.2) is 0 Å². The van der Waals surface area contributed by atoms with Gasteiger partial charge in [0.25, 0.3) is 0 Å². The summed E-state index contributed by atoms with van der Waals surface area (Å²) >= 11 is 0. The van der Waals surface area contributed by atoms with Crippen molar-refractivity contribution in [2.75, 3.05) is 0 Å². The molecule has 0 aromatic rings. The molecular formula is C29H48O. The number of fused-ring (bicyclic) bond motifs is 5. The zero-order chi connectivity index (χ0) is 21.5. The first-order valence-corrected chi connectivity index (χ1v) is 13.3. The highest BCUT2D eigenvalue weighted by Crippen LogP contribution is 2.67. The lowest BCUT2D eigenvalue weighted by Crippen LogP contribution is -2.50. The molecular weight excluding hydrogens is 364 g/mol. The van der Waals surface area contributed by atoms with Crippen LogP contribution >= 0.6 is 0 Å². The number of rotatable bonds is 6. The Hall–Kier alpha value is -0.560. The molecule has 4 aliphatic rings. The normalized spacial score (nSPS) is 45.4. The van der Waals surface area contributed by atoms with Gasteiger partial charge >= 0.3 is 0 Å². The van der Waals surface area contributed by atoms with Gasteiger partial charge in [-0.3, -0.25) is 0 Å². The molecule has 1 heteroatoms. The second-order valence-electron chi connectivity index (χ2n) is 12.3. The number of hydrogen-bond donors (Lipinski definition) is 1. The van der Waals surface area contributed by atoms with Gasteiger partial charge in [-0.15, -0.1) is 0 Å². The van der Waals surface area contributed by atoms with Crippen LogP contribution in [0.5, 0.6) is 0 Å². The highest BCUT2D eigenvalue weighted by molar-refractivity contribution is 5.25. The Kier molecular flexibility index (Phi) is 6.61. The fourth-order valence-corrected chi connectivity index (χ4v) is 9.00. The van der Waals surface area contributed by atoms with Crippen molar-refractivity contribution in [3.8, 4) is 0 Å². The molecule has 0 radical (unpaired) electrons. The van der Waals surface area contributed by atoms with Gasteiger partial charge in [0.2, 0.25) is 0 Å². The van der Waals surface area contributed by atoms with Crippen LogP contribution in [0.4, 0.5) is 0 Å². The first-order valence-electron chi connectivity index (χ1n) is 13.3. The van der Waals surface area contributed by atoms with E-state index in [2.05, 4.69) is 52.8 Å². The standard InChI is InChI=1S/C29H48O/c1-6-8-20(2)9-7-10-21(3)25-13-14-26-24-12-11-22-19-23(30)15-17-28(22,4)27(24)16-18-29(25,26)5/h6,8,11,20-21,23-27,30H,7,9-10,12-19H2,1-5H3/t20?,21-,23+,24+,25-,26+,27+,28+,29-/m1/s1. The molecule has 170 valence electrons. The van der Waals surface area contributed by atoms with E-state index in [1.807, 2.05) is 0 Å². The van der Waals surface area contributed by atoms with Gasteiger partial charge < -0.3 is 5.11 Å². The minimum absolute atomic E-state index is 0.0815. The predicted octanol–water partition coefficient (Wildman–Crippen LogP) is 7.94. The van der Waals surface area contributed by atoms with Gasteiger partial charge in [-0.05, 0) is 111 Å². The molecule has 1 unspecified atom stereocenters. The Morgan fingerprint density at radius 1 is 1.07 bits per heavy atom. The summed E-state index contributed by atoms with van der Waals surface area (Å²) in [7, 11) is 0.